The second kappa shape index (κ2) is 7.28. The lowest BCUT2D eigenvalue weighted by Gasteiger charge is -2.09. The zero-order valence-electron chi connectivity index (χ0n) is 11.6. The van der Waals surface area contributed by atoms with Gasteiger partial charge in [0.05, 0.1) is 12.6 Å². The SMILES string of the molecule is COc1cc2c(NCCCCSC)ncnc2cc1F. The minimum absolute atomic E-state index is 0.206. The smallest absolute Gasteiger partial charge is 0.167 e. The molecule has 1 heterocycles. The maximum atomic E-state index is 13.6. The van der Waals surface area contributed by atoms with Crippen molar-refractivity contribution in [3.8, 4) is 5.75 Å². The molecule has 0 fully saturated rings. The Morgan fingerprint density at radius 2 is 2.15 bits per heavy atom. The van der Waals surface area contributed by atoms with Gasteiger partial charge in [0.25, 0.3) is 0 Å². The summed E-state index contributed by atoms with van der Waals surface area (Å²) in [6.45, 7) is 0.840. The van der Waals surface area contributed by atoms with E-state index in [0.717, 1.165) is 36.3 Å². The van der Waals surface area contributed by atoms with E-state index < -0.39 is 5.82 Å². The molecular weight excluding hydrogens is 277 g/mol. The fourth-order valence-electron chi connectivity index (χ4n) is 1.93. The number of hydrogen-bond acceptors (Lipinski definition) is 5. The van der Waals surface area contributed by atoms with E-state index in [1.165, 1.54) is 19.5 Å². The van der Waals surface area contributed by atoms with E-state index in [0.29, 0.717) is 5.52 Å². The average Bonchev–Trinajstić information content (AvgIpc) is 2.46. The summed E-state index contributed by atoms with van der Waals surface area (Å²) in [7, 11) is 1.45. The zero-order chi connectivity index (χ0) is 14.4. The number of hydrogen-bond donors (Lipinski definition) is 1. The maximum absolute atomic E-state index is 13.6. The van der Waals surface area contributed by atoms with Crippen molar-refractivity contribution in [3.05, 3.63) is 24.3 Å². The molecule has 0 radical (unpaired) electrons. The summed E-state index contributed by atoms with van der Waals surface area (Å²) in [6.07, 6.45) is 5.78. The largest absolute Gasteiger partial charge is 0.494 e. The third-order valence-electron chi connectivity index (χ3n) is 2.98. The van der Waals surface area contributed by atoms with Gasteiger partial charge in [-0.15, -0.1) is 0 Å². The van der Waals surface area contributed by atoms with Crippen LogP contribution in [-0.4, -0.2) is 35.6 Å². The number of nitrogens with one attached hydrogen (secondary N) is 1. The van der Waals surface area contributed by atoms with E-state index in [9.17, 15) is 4.39 Å². The van der Waals surface area contributed by atoms with Crippen LogP contribution in [0.5, 0.6) is 5.75 Å². The van der Waals surface area contributed by atoms with Gasteiger partial charge in [-0.1, -0.05) is 0 Å². The van der Waals surface area contributed by atoms with Crippen molar-refractivity contribution in [2.24, 2.45) is 0 Å². The highest BCUT2D eigenvalue weighted by Crippen LogP contribution is 2.27. The molecule has 108 valence electrons. The summed E-state index contributed by atoms with van der Waals surface area (Å²) in [6, 6.07) is 3.00. The Balaban J connectivity index is 2.16. The highest BCUT2D eigenvalue weighted by atomic mass is 32.2. The van der Waals surface area contributed by atoms with Crippen molar-refractivity contribution >= 4 is 28.5 Å². The van der Waals surface area contributed by atoms with E-state index in [4.69, 9.17) is 4.74 Å². The molecule has 0 aliphatic rings. The topological polar surface area (TPSA) is 47.0 Å². The van der Waals surface area contributed by atoms with Crippen LogP contribution in [0.4, 0.5) is 10.2 Å². The molecule has 1 N–H and O–H groups in total. The molecule has 0 aliphatic carbocycles. The van der Waals surface area contributed by atoms with Crippen LogP contribution < -0.4 is 10.1 Å². The van der Waals surface area contributed by atoms with Crippen molar-refractivity contribution in [2.75, 3.05) is 31.0 Å². The van der Waals surface area contributed by atoms with Crippen LogP contribution in [0, 0.1) is 5.82 Å². The predicted octanol–water partition coefficient (Wildman–Crippen LogP) is 3.33. The van der Waals surface area contributed by atoms with Crippen molar-refractivity contribution in [3.63, 3.8) is 0 Å². The van der Waals surface area contributed by atoms with Crippen molar-refractivity contribution < 1.29 is 9.13 Å². The van der Waals surface area contributed by atoms with E-state index in [-0.39, 0.29) is 5.75 Å². The summed E-state index contributed by atoms with van der Waals surface area (Å²) >= 11 is 1.85. The van der Waals surface area contributed by atoms with Gasteiger partial charge in [-0.3, -0.25) is 0 Å². The molecule has 20 heavy (non-hydrogen) atoms. The van der Waals surface area contributed by atoms with Crippen LogP contribution in [0.25, 0.3) is 10.9 Å². The van der Waals surface area contributed by atoms with Crippen LogP contribution in [0.2, 0.25) is 0 Å². The highest BCUT2D eigenvalue weighted by Gasteiger charge is 2.09. The second-order valence-electron chi connectivity index (χ2n) is 4.35. The molecule has 0 amide bonds. The number of anilines is 1. The first-order valence-electron chi connectivity index (χ1n) is 6.47. The Morgan fingerprint density at radius 1 is 1.30 bits per heavy atom. The Morgan fingerprint density at radius 3 is 2.90 bits per heavy atom. The number of rotatable bonds is 7. The molecule has 0 spiro atoms. The highest BCUT2D eigenvalue weighted by molar-refractivity contribution is 7.98. The minimum atomic E-state index is -0.412. The molecule has 6 heteroatoms. The third-order valence-corrected chi connectivity index (χ3v) is 3.67. The third kappa shape index (κ3) is 3.50. The predicted molar refractivity (Wildman–Crippen MR) is 82.2 cm³/mol. The first-order valence-corrected chi connectivity index (χ1v) is 7.86. The molecule has 1 aromatic heterocycles. The molecule has 4 nitrogen and oxygen atoms in total. The number of aromatic nitrogens is 2. The van der Waals surface area contributed by atoms with Crippen molar-refractivity contribution in [1.29, 1.82) is 0 Å². The van der Waals surface area contributed by atoms with Crippen LogP contribution in [-0.2, 0) is 0 Å². The first-order chi connectivity index (χ1) is 9.76. The van der Waals surface area contributed by atoms with Crippen LogP contribution >= 0.6 is 11.8 Å². The molecule has 2 aromatic rings. The quantitative estimate of drug-likeness (QED) is 0.794. The van der Waals surface area contributed by atoms with Gasteiger partial charge in [0.1, 0.15) is 12.1 Å². The van der Waals surface area contributed by atoms with Gasteiger partial charge in [-0.05, 0) is 30.9 Å². The Labute approximate surface area is 122 Å². The fourth-order valence-corrected chi connectivity index (χ4v) is 2.43. The first kappa shape index (κ1) is 14.8. The lowest BCUT2D eigenvalue weighted by atomic mass is 10.2. The number of methoxy groups -OCH3 is 1. The summed E-state index contributed by atoms with van der Waals surface area (Å²) in [5, 5.41) is 4.05. The van der Waals surface area contributed by atoms with Gasteiger partial charge in [-0.25, -0.2) is 14.4 Å². The van der Waals surface area contributed by atoms with Gasteiger partial charge in [-0.2, -0.15) is 11.8 Å². The monoisotopic (exact) mass is 295 g/mol. The Kier molecular flexibility index (Phi) is 5.40. The van der Waals surface area contributed by atoms with Gasteiger partial charge in [0.15, 0.2) is 11.6 Å². The number of fused-ring (bicyclic) bond motifs is 1. The molecule has 2 rings (SSSR count). The molecule has 0 bridgehead atoms. The number of ether oxygens (including phenoxy) is 1. The van der Waals surface area contributed by atoms with E-state index >= 15 is 0 Å². The normalized spacial score (nSPS) is 10.8. The molecular formula is C14H18FN3OS. The molecule has 0 unspecified atom stereocenters. The van der Waals surface area contributed by atoms with E-state index in [1.54, 1.807) is 6.07 Å². The maximum Gasteiger partial charge on any atom is 0.167 e. The number of benzene rings is 1. The average molecular weight is 295 g/mol. The number of thioether (sulfide) groups is 1. The fraction of sp³-hybridized carbons (Fsp3) is 0.429. The van der Waals surface area contributed by atoms with Crippen molar-refractivity contribution in [2.45, 2.75) is 12.8 Å². The number of unbranched alkanes of at least 4 members (excludes halogenated alkanes) is 1. The minimum Gasteiger partial charge on any atom is -0.494 e. The Hall–Kier alpha value is -1.56. The van der Waals surface area contributed by atoms with Crippen molar-refractivity contribution in [1.82, 2.24) is 9.97 Å². The molecule has 0 saturated carbocycles. The van der Waals surface area contributed by atoms with Gasteiger partial charge >= 0.3 is 0 Å². The standard InChI is InChI=1S/C14H18FN3OS/c1-19-13-7-10-12(8-11(13)15)17-9-18-14(10)16-5-3-4-6-20-2/h7-9H,3-6H2,1-2H3,(H,16,17,18). The van der Waals surface area contributed by atoms with Gasteiger partial charge in [0, 0.05) is 18.0 Å². The van der Waals surface area contributed by atoms with Gasteiger partial charge in [0.2, 0.25) is 0 Å². The van der Waals surface area contributed by atoms with Crippen LogP contribution in [0.1, 0.15) is 12.8 Å². The summed E-state index contributed by atoms with van der Waals surface area (Å²) < 4.78 is 18.6. The number of halogens is 1. The molecule has 0 aliphatic heterocycles. The lowest BCUT2D eigenvalue weighted by molar-refractivity contribution is 0.387. The van der Waals surface area contributed by atoms with Crippen LogP contribution in [0.15, 0.2) is 18.5 Å². The van der Waals surface area contributed by atoms with Crippen LogP contribution in [0.3, 0.4) is 0 Å². The zero-order valence-corrected chi connectivity index (χ0v) is 12.5. The lowest BCUT2D eigenvalue weighted by Crippen LogP contribution is -2.05. The summed E-state index contributed by atoms with van der Waals surface area (Å²) in [4.78, 5) is 8.31. The van der Waals surface area contributed by atoms with Gasteiger partial charge < -0.3 is 10.1 Å². The molecule has 0 atom stereocenters. The summed E-state index contributed by atoms with van der Waals surface area (Å²) in [5.74, 6) is 1.67. The van der Waals surface area contributed by atoms with E-state index in [2.05, 4.69) is 21.5 Å². The molecule has 1 aromatic carbocycles. The Bertz CT molecular complexity index is 580. The molecule has 0 saturated heterocycles. The van der Waals surface area contributed by atoms with E-state index in [1.807, 2.05) is 11.8 Å². The summed E-state index contributed by atoms with van der Waals surface area (Å²) in [5.41, 5.74) is 0.574. The second-order valence-corrected chi connectivity index (χ2v) is 5.34. The number of nitrogens with zero attached hydrogens (tertiary/aromatic N) is 2.